The predicted molar refractivity (Wildman–Crippen MR) is 75.8 cm³/mol. The lowest BCUT2D eigenvalue weighted by atomic mass is 9.98. The third-order valence-corrected chi connectivity index (χ3v) is 4.81. The molecule has 0 aliphatic heterocycles. The van der Waals surface area contributed by atoms with E-state index in [9.17, 15) is 4.79 Å². The molecule has 1 aromatic heterocycles. The van der Waals surface area contributed by atoms with Crippen molar-refractivity contribution in [1.82, 2.24) is 0 Å². The highest BCUT2D eigenvalue weighted by Gasteiger charge is 2.18. The van der Waals surface area contributed by atoms with Gasteiger partial charge >= 0.3 is 0 Å². The van der Waals surface area contributed by atoms with Crippen molar-refractivity contribution in [1.29, 1.82) is 0 Å². The maximum absolute atomic E-state index is 12.3. The van der Waals surface area contributed by atoms with Crippen LogP contribution in [0.1, 0.15) is 38.5 Å². The van der Waals surface area contributed by atoms with E-state index in [1.54, 1.807) is 35.6 Å². The second kappa shape index (κ2) is 4.87. The molecule has 0 radical (unpaired) electrons. The Labute approximate surface area is 115 Å². The standard InChI is InChI=1S/C15H13ClOS/c16-12-7-5-10(6-8-12)15(17)14-9-11-3-1-2-4-13(11)18-14/h5-9H,1-4H2. The van der Waals surface area contributed by atoms with Gasteiger partial charge < -0.3 is 0 Å². The van der Waals surface area contributed by atoms with Gasteiger partial charge in [-0.05, 0) is 61.6 Å². The molecule has 1 nitrogen and oxygen atoms in total. The Morgan fingerprint density at radius 2 is 1.83 bits per heavy atom. The number of hydrogen-bond donors (Lipinski definition) is 0. The highest BCUT2D eigenvalue weighted by Crippen LogP contribution is 2.31. The van der Waals surface area contributed by atoms with Gasteiger partial charge in [-0.15, -0.1) is 11.3 Å². The van der Waals surface area contributed by atoms with Crippen LogP contribution >= 0.6 is 22.9 Å². The Bertz CT molecular complexity index is 560. The van der Waals surface area contributed by atoms with Crippen LogP contribution in [-0.2, 0) is 12.8 Å². The summed E-state index contributed by atoms with van der Waals surface area (Å²) in [5.74, 6) is 0.117. The molecule has 3 heteroatoms. The van der Waals surface area contributed by atoms with Gasteiger partial charge in [-0.3, -0.25) is 4.79 Å². The van der Waals surface area contributed by atoms with E-state index in [1.807, 2.05) is 0 Å². The second-order valence-corrected chi connectivity index (χ2v) is 6.18. The quantitative estimate of drug-likeness (QED) is 0.738. The fourth-order valence-corrected chi connectivity index (χ4v) is 3.69. The van der Waals surface area contributed by atoms with Crippen LogP contribution in [0, 0.1) is 0 Å². The number of fused-ring (bicyclic) bond motifs is 1. The van der Waals surface area contributed by atoms with Gasteiger partial charge in [-0.2, -0.15) is 0 Å². The molecule has 0 saturated carbocycles. The fraction of sp³-hybridized carbons (Fsp3) is 0.267. The Morgan fingerprint density at radius 3 is 2.56 bits per heavy atom. The minimum absolute atomic E-state index is 0.117. The third-order valence-electron chi connectivity index (χ3n) is 3.33. The van der Waals surface area contributed by atoms with E-state index in [0.717, 1.165) is 23.3 Å². The molecule has 18 heavy (non-hydrogen) atoms. The molecule has 0 N–H and O–H groups in total. The van der Waals surface area contributed by atoms with Gasteiger partial charge in [0, 0.05) is 15.5 Å². The zero-order valence-electron chi connectivity index (χ0n) is 9.91. The molecule has 0 bridgehead atoms. The number of carbonyl (C=O) groups excluding carboxylic acids is 1. The van der Waals surface area contributed by atoms with Crippen LogP contribution in [0.15, 0.2) is 30.3 Å². The molecule has 3 rings (SSSR count). The zero-order valence-corrected chi connectivity index (χ0v) is 11.5. The molecule has 92 valence electrons. The summed E-state index contributed by atoms with van der Waals surface area (Å²) in [6.07, 6.45) is 4.76. The summed E-state index contributed by atoms with van der Waals surface area (Å²) >= 11 is 7.50. The summed E-state index contributed by atoms with van der Waals surface area (Å²) in [7, 11) is 0. The van der Waals surface area contributed by atoms with Crippen molar-refractivity contribution in [3.63, 3.8) is 0 Å². The van der Waals surface area contributed by atoms with Crippen LogP contribution in [-0.4, -0.2) is 5.78 Å². The maximum Gasteiger partial charge on any atom is 0.202 e. The number of carbonyl (C=O) groups is 1. The van der Waals surface area contributed by atoms with Crippen LogP contribution < -0.4 is 0 Å². The first-order valence-electron chi connectivity index (χ1n) is 6.16. The molecule has 1 heterocycles. The molecule has 1 aromatic carbocycles. The van der Waals surface area contributed by atoms with E-state index in [2.05, 4.69) is 6.07 Å². The van der Waals surface area contributed by atoms with Crippen molar-refractivity contribution in [2.24, 2.45) is 0 Å². The van der Waals surface area contributed by atoms with Crippen molar-refractivity contribution in [2.75, 3.05) is 0 Å². The van der Waals surface area contributed by atoms with Gasteiger partial charge in [0.15, 0.2) is 0 Å². The van der Waals surface area contributed by atoms with Gasteiger partial charge in [0.2, 0.25) is 5.78 Å². The van der Waals surface area contributed by atoms with Crippen LogP contribution in [0.25, 0.3) is 0 Å². The Balaban J connectivity index is 1.92. The molecule has 0 fully saturated rings. The minimum Gasteiger partial charge on any atom is -0.288 e. The molecular formula is C15H13ClOS. The topological polar surface area (TPSA) is 17.1 Å². The number of benzene rings is 1. The summed E-state index contributed by atoms with van der Waals surface area (Å²) < 4.78 is 0. The smallest absolute Gasteiger partial charge is 0.202 e. The molecule has 2 aromatic rings. The predicted octanol–water partition coefficient (Wildman–Crippen LogP) is 4.51. The molecule has 1 aliphatic carbocycles. The van der Waals surface area contributed by atoms with Gasteiger partial charge in [-0.1, -0.05) is 11.6 Å². The highest BCUT2D eigenvalue weighted by molar-refractivity contribution is 7.14. The molecule has 0 amide bonds. The van der Waals surface area contributed by atoms with E-state index >= 15 is 0 Å². The maximum atomic E-state index is 12.3. The lowest BCUT2D eigenvalue weighted by Gasteiger charge is -2.08. The average molecular weight is 277 g/mol. The van der Waals surface area contributed by atoms with E-state index in [-0.39, 0.29) is 5.78 Å². The minimum atomic E-state index is 0.117. The first kappa shape index (κ1) is 11.9. The molecule has 1 aliphatic rings. The van der Waals surface area contributed by atoms with Crippen LogP contribution in [0.2, 0.25) is 5.02 Å². The molecule has 0 saturated heterocycles. The SMILES string of the molecule is O=C(c1ccc(Cl)cc1)c1cc2c(s1)CCCC2. The average Bonchev–Trinajstić information content (AvgIpc) is 2.82. The fourth-order valence-electron chi connectivity index (χ4n) is 2.35. The first-order valence-corrected chi connectivity index (χ1v) is 7.35. The highest BCUT2D eigenvalue weighted by atomic mass is 35.5. The van der Waals surface area contributed by atoms with E-state index in [4.69, 9.17) is 11.6 Å². The Hall–Kier alpha value is -1.12. The Morgan fingerprint density at radius 1 is 1.11 bits per heavy atom. The zero-order chi connectivity index (χ0) is 12.5. The van der Waals surface area contributed by atoms with Gasteiger partial charge in [0.25, 0.3) is 0 Å². The van der Waals surface area contributed by atoms with Crippen LogP contribution in [0.4, 0.5) is 0 Å². The lowest BCUT2D eigenvalue weighted by molar-refractivity contribution is 0.104. The van der Waals surface area contributed by atoms with Crippen molar-refractivity contribution in [2.45, 2.75) is 25.7 Å². The van der Waals surface area contributed by atoms with Crippen molar-refractivity contribution in [3.05, 3.63) is 56.2 Å². The number of halogens is 1. The number of ketones is 1. The monoisotopic (exact) mass is 276 g/mol. The second-order valence-electron chi connectivity index (χ2n) is 4.60. The number of aryl methyl sites for hydroxylation is 2. The summed E-state index contributed by atoms with van der Waals surface area (Å²) in [6.45, 7) is 0. The number of hydrogen-bond acceptors (Lipinski definition) is 2. The molecular weight excluding hydrogens is 264 g/mol. The Kier molecular flexibility index (Phi) is 3.23. The number of thiophene rings is 1. The summed E-state index contributed by atoms with van der Waals surface area (Å²) in [6, 6.07) is 9.20. The lowest BCUT2D eigenvalue weighted by Crippen LogP contribution is -1.98. The summed E-state index contributed by atoms with van der Waals surface area (Å²) in [5, 5.41) is 0.664. The van der Waals surface area contributed by atoms with Crippen LogP contribution in [0.3, 0.4) is 0 Å². The summed E-state index contributed by atoms with van der Waals surface area (Å²) in [4.78, 5) is 14.6. The molecule has 0 spiro atoms. The largest absolute Gasteiger partial charge is 0.288 e. The van der Waals surface area contributed by atoms with E-state index in [1.165, 1.54) is 23.3 Å². The molecule has 0 unspecified atom stereocenters. The van der Waals surface area contributed by atoms with Gasteiger partial charge in [0.1, 0.15) is 0 Å². The molecule has 0 atom stereocenters. The van der Waals surface area contributed by atoms with E-state index in [0.29, 0.717) is 5.02 Å². The summed E-state index contributed by atoms with van der Waals surface area (Å²) in [5.41, 5.74) is 2.10. The van der Waals surface area contributed by atoms with Crippen LogP contribution in [0.5, 0.6) is 0 Å². The van der Waals surface area contributed by atoms with Crippen molar-refractivity contribution in [3.8, 4) is 0 Å². The first-order chi connectivity index (χ1) is 8.74. The van der Waals surface area contributed by atoms with Crippen molar-refractivity contribution >= 4 is 28.7 Å². The normalized spacial score (nSPS) is 14.3. The van der Waals surface area contributed by atoms with Crippen molar-refractivity contribution < 1.29 is 4.79 Å². The number of rotatable bonds is 2. The van der Waals surface area contributed by atoms with E-state index < -0.39 is 0 Å². The van der Waals surface area contributed by atoms with Gasteiger partial charge in [0.05, 0.1) is 4.88 Å². The third kappa shape index (κ3) is 2.23. The van der Waals surface area contributed by atoms with Gasteiger partial charge in [-0.25, -0.2) is 0 Å².